The fourth-order valence-corrected chi connectivity index (χ4v) is 2.65. The summed E-state index contributed by atoms with van der Waals surface area (Å²) in [6, 6.07) is 0. The number of aromatic nitrogens is 2. The zero-order valence-electron chi connectivity index (χ0n) is 11.7. The molecule has 2 N–H and O–H groups in total. The standard InChI is InChI=1S/C13H25N3OS/c1-4-5-18-9-12-15-13(17-16-12)7-11(8-14)6-10(2)3/h10-11H,4-9,14H2,1-3H3/t11-/m0/s1. The van der Waals surface area contributed by atoms with Crippen LogP contribution in [0.25, 0.3) is 0 Å². The molecule has 0 bridgehead atoms. The maximum Gasteiger partial charge on any atom is 0.226 e. The summed E-state index contributed by atoms with van der Waals surface area (Å²) in [7, 11) is 0. The third-order valence-corrected chi connectivity index (χ3v) is 3.85. The van der Waals surface area contributed by atoms with Crippen LogP contribution in [0.2, 0.25) is 0 Å². The van der Waals surface area contributed by atoms with Crippen molar-refractivity contribution in [2.45, 2.75) is 45.8 Å². The second kappa shape index (κ2) is 8.53. The minimum atomic E-state index is 0.446. The number of rotatable bonds is 9. The first-order chi connectivity index (χ1) is 8.65. The van der Waals surface area contributed by atoms with Gasteiger partial charge in [-0.2, -0.15) is 16.7 Å². The highest BCUT2D eigenvalue weighted by Gasteiger charge is 2.14. The van der Waals surface area contributed by atoms with E-state index in [9.17, 15) is 0 Å². The predicted octanol–water partition coefficient (Wildman–Crippen LogP) is 2.88. The van der Waals surface area contributed by atoms with Crippen LogP contribution in [0.1, 0.15) is 45.3 Å². The normalized spacial score (nSPS) is 13.2. The van der Waals surface area contributed by atoms with Crippen molar-refractivity contribution in [2.24, 2.45) is 17.6 Å². The van der Waals surface area contributed by atoms with Crippen LogP contribution in [0.3, 0.4) is 0 Å². The van der Waals surface area contributed by atoms with Crippen LogP contribution in [0.4, 0.5) is 0 Å². The molecule has 0 aromatic carbocycles. The van der Waals surface area contributed by atoms with Crippen LogP contribution in [-0.2, 0) is 12.2 Å². The van der Waals surface area contributed by atoms with Gasteiger partial charge in [0.05, 0.1) is 5.75 Å². The molecule has 0 fully saturated rings. The van der Waals surface area contributed by atoms with Gasteiger partial charge in [0.15, 0.2) is 5.82 Å². The lowest BCUT2D eigenvalue weighted by molar-refractivity contribution is 0.330. The molecule has 4 nitrogen and oxygen atoms in total. The van der Waals surface area contributed by atoms with E-state index in [1.807, 2.05) is 11.8 Å². The second-order valence-electron chi connectivity index (χ2n) is 5.09. The van der Waals surface area contributed by atoms with E-state index in [0.29, 0.717) is 18.4 Å². The van der Waals surface area contributed by atoms with E-state index in [2.05, 4.69) is 30.9 Å². The van der Waals surface area contributed by atoms with E-state index in [1.54, 1.807) is 0 Å². The zero-order valence-corrected chi connectivity index (χ0v) is 12.5. The predicted molar refractivity (Wildman–Crippen MR) is 76.5 cm³/mol. The van der Waals surface area contributed by atoms with Crippen molar-refractivity contribution in [1.82, 2.24) is 10.1 Å². The molecule has 1 rings (SSSR count). The zero-order chi connectivity index (χ0) is 13.4. The van der Waals surface area contributed by atoms with Crippen LogP contribution in [0, 0.1) is 11.8 Å². The molecule has 0 unspecified atom stereocenters. The molecule has 1 aromatic rings. The summed E-state index contributed by atoms with van der Waals surface area (Å²) < 4.78 is 5.28. The van der Waals surface area contributed by atoms with Gasteiger partial charge in [0.1, 0.15) is 0 Å². The number of nitrogens with two attached hydrogens (primary N) is 1. The van der Waals surface area contributed by atoms with Crippen molar-refractivity contribution in [2.75, 3.05) is 12.3 Å². The molecule has 0 saturated carbocycles. The van der Waals surface area contributed by atoms with Gasteiger partial charge in [-0.15, -0.1) is 0 Å². The Morgan fingerprint density at radius 1 is 1.39 bits per heavy atom. The molecule has 0 aliphatic carbocycles. The van der Waals surface area contributed by atoms with E-state index in [-0.39, 0.29) is 0 Å². The quantitative estimate of drug-likeness (QED) is 0.700. The van der Waals surface area contributed by atoms with Crippen molar-refractivity contribution in [3.63, 3.8) is 0 Å². The first-order valence-electron chi connectivity index (χ1n) is 6.75. The van der Waals surface area contributed by atoms with Gasteiger partial charge in [0, 0.05) is 6.42 Å². The van der Waals surface area contributed by atoms with Crippen LogP contribution < -0.4 is 5.73 Å². The lowest BCUT2D eigenvalue weighted by atomic mass is 9.94. The number of hydrogen-bond acceptors (Lipinski definition) is 5. The van der Waals surface area contributed by atoms with E-state index in [4.69, 9.17) is 10.3 Å². The highest BCUT2D eigenvalue weighted by atomic mass is 32.2. The van der Waals surface area contributed by atoms with Gasteiger partial charge in [0.25, 0.3) is 0 Å². The van der Waals surface area contributed by atoms with E-state index in [0.717, 1.165) is 36.1 Å². The van der Waals surface area contributed by atoms with Gasteiger partial charge in [-0.05, 0) is 37.0 Å². The summed E-state index contributed by atoms with van der Waals surface area (Å²) in [5.74, 6) is 4.63. The number of nitrogens with zero attached hydrogens (tertiary/aromatic N) is 2. The maximum atomic E-state index is 5.78. The third-order valence-electron chi connectivity index (χ3n) is 2.69. The summed E-state index contributed by atoms with van der Waals surface area (Å²) in [4.78, 5) is 4.42. The van der Waals surface area contributed by atoms with Gasteiger partial charge in [0.2, 0.25) is 5.89 Å². The van der Waals surface area contributed by atoms with Crippen molar-refractivity contribution >= 4 is 11.8 Å². The van der Waals surface area contributed by atoms with Gasteiger partial charge < -0.3 is 10.3 Å². The summed E-state index contributed by atoms with van der Waals surface area (Å²) in [6.07, 6.45) is 3.10. The van der Waals surface area contributed by atoms with Crippen LogP contribution in [0.5, 0.6) is 0 Å². The van der Waals surface area contributed by atoms with Crippen LogP contribution >= 0.6 is 11.8 Å². The largest absolute Gasteiger partial charge is 0.339 e. The minimum Gasteiger partial charge on any atom is -0.339 e. The Morgan fingerprint density at radius 2 is 2.17 bits per heavy atom. The monoisotopic (exact) mass is 271 g/mol. The smallest absolute Gasteiger partial charge is 0.226 e. The molecule has 1 atom stereocenters. The van der Waals surface area contributed by atoms with Gasteiger partial charge >= 0.3 is 0 Å². The van der Waals surface area contributed by atoms with Crippen LogP contribution in [-0.4, -0.2) is 22.4 Å². The molecule has 0 saturated heterocycles. The SMILES string of the molecule is CCCSCc1noc(C[C@@H](CN)CC(C)C)n1. The Labute approximate surface area is 114 Å². The second-order valence-corrected chi connectivity index (χ2v) is 6.20. The highest BCUT2D eigenvalue weighted by Crippen LogP contribution is 2.16. The molecule has 18 heavy (non-hydrogen) atoms. The molecule has 0 aliphatic heterocycles. The first kappa shape index (κ1) is 15.5. The fraction of sp³-hybridized carbons (Fsp3) is 0.846. The Bertz CT molecular complexity index is 328. The third kappa shape index (κ3) is 5.87. The van der Waals surface area contributed by atoms with E-state index in [1.165, 1.54) is 6.42 Å². The average Bonchev–Trinajstić information content (AvgIpc) is 2.76. The molecule has 1 heterocycles. The van der Waals surface area contributed by atoms with E-state index < -0.39 is 0 Å². The topological polar surface area (TPSA) is 64.9 Å². The number of thioether (sulfide) groups is 1. The molecular weight excluding hydrogens is 246 g/mol. The highest BCUT2D eigenvalue weighted by molar-refractivity contribution is 7.98. The van der Waals surface area contributed by atoms with Crippen molar-refractivity contribution < 1.29 is 4.52 Å². The van der Waals surface area contributed by atoms with Gasteiger partial charge in [-0.3, -0.25) is 0 Å². The molecule has 0 spiro atoms. The molecule has 5 heteroatoms. The summed E-state index contributed by atoms with van der Waals surface area (Å²) in [6.45, 7) is 7.28. The van der Waals surface area contributed by atoms with Gasteiger partial charge in [-0.25, -0.2) is 0 Å². The van der Waals surface area contributed by atoms with E-state index >= 15 is 0 Å². The first-order valence-corrected chi connectivity index (χ1v) is 7.90. The molecule has 104 valence electrons. The summed E-state index contributed by atoms with van der Waals surface area (Å²) >= 11 is 1.85. The number of hydrogen-bond donors (Lipinski definition) is 1. The molecule has 0 aliphatic rings. The fourth-order valence-electron chi connectivity index (χ4n) is 1.92. The van der Waals surface area contributed by atoms with Crippen molar-refractivity contribution in [1.29, 1.82) is 0 Å². The van der Waals surface area contributed by atoms with Gasteiger partial charge in [-0.1, -0.05) is 25.9 Å². The Balaban J connectivity index is 2.41. The Hall–Kier alpha value is -0.550. The minimum absolute atomic E-state index is 0.446. The lowest BCUT2D eigenvalue weighted by Gasteiger charge is -2.14. The average molecular weight is 271 g/mol. The van der Waals surface area contributed by atoms with Crippen LogP contribution in [0.15, 0.2) is 4.52 Å². The molecule has 0 amide bonds. The summed E-state index contributed by atoms with van der Waals surface area (Å²) in [5, 5.41) is 4.01. The molecule has 0 radical (unpaired) electrons. The maximum absolute atomic E-state index is 5.78. The summed E-state index contributed by atoms with van der Waals surface area (Å²) in [5.41, 5.74) is 5.78. The Kier molecular flexibility index (Phi) is 7.35. The Morgan fingerprint density at radius 3 is 2.78 bits per heavy atom. The van der Waals surface area contributed by atoms with Crippen molar-refractivity contribution in [3.05, 3.63) is 11.7 Å². The molecule has 1 aromatic heterocycles. The lowest BCUT2D eigenvalue weighted by Crippen LogP contribution is -2.19. The molecular formula is C13H25N3OS. The van der Waals surface area contributed by atoms with Crippen molar-refractivity contribution in [3.8, 4) is 0 Å².